The lowest BCUT2D eigenvalue weighted by atomic mass is 10.0. The fourth-order valence-corrected chi connectivity index (χ4v) is 2.85. The SMILES string of the molecule is COc1cc(-c2nnc(COC(=O)c3ccc(C(C)C)cc3)o2)cc(OC)c1OC. The summed E-state index contributed by atoms with van der Waals surface area (Å²) in [7, 11) is 4.57. The zero-order valence-corrected chi connectivity index (χ0v) is 17.6. The van der Waals surface area contributed by atoms with E-state index in [9.17, 15) is 4.79 Å². The molecule has 0 fully saturated rings. The third-order valence-corrected chi connectivity index (χ3v) is 4.52. The molecule has 0 N–H and O–H groups in total. The number of methoxy groups -OCH3 is 3. The lowest BCUT2D eigenvalue weighted by molar-refractivity contribution is 0.0438. The molecule has 0 aliphatic carbocycles. The topological polar surface area (TPSA) is 92.9 Å². The summed E-state index contributed by atoms with van der Waals surface area (Å²) in [5.74, 6) is 1.72. The van der Waals surface area contributed by atoms with Crippen LogP contribution in [0.15, 0.2) is 40.8 Å². The van der Waals surface area contributed by atoms with Gasteiger partial charge in [-0.15, -0.1) is 10.2 Å². The largest absolute Gasteiger partial charge is 0.493 e. The molecule has 158 valence electrons. The van der Waals surface area contributed by atoms with Gasteiger partial charge in [0.1, 0.15) is 0 Å². The first-order valence-electron chi connectivity index (χ1n) is 9.36. The highest BCUT2D eigenvalue weighted by atomic mass is 16.5. The van der Waals surface area contributed by atoms with Crippen LogP contribution < -0.4 is 14.2 Å². The molecule has 0 amide bonds. The molecule has 30 heavy (non-hydrogen) atoms. The van der Waals surface area contributed by atoms with Gasteiger partial charge >= 0.3 is 5.97 Å². The van der Waals surface area contributed by atoms with E-state index in [0.717, 1.165) is 5.56 Å². The van der Waals surface area contributed by atoms with Gasteiger partial charge in [-0.05, 0) is 35.7 Å². The van der Waals surface area contributed by atoms with E-state index >= 15 is 0 Å². The fraction of sp³-hybridized carbons (Fsp3) is 0.318. The molecule has 1 heterocycles. The molecule has 1 aromatic heterocycles. The van der Waals surface area contributed by atoms with Crippen molar-refractivity contribution in [3.8, 4) is 28.7 Å². The molecule has 0 bridgehead atoms. The van der Waals surface area contributed by atoms with Gasteiger partial charge in [-0.1, -0.05) is 26.0 Å². The van der Waals surface area contributed by atoms with E-state index in [2.05, 4.69) is 24.0 Å². The van der Waals surface area contributed by atoms with Crippen LogP contribution in [-0.2, 0) is 11.3 Å². The summed E-state index contributed by atoms with van der Waals surface area (Å²) < 4.78 is 26.9. The minimum atomic E-state index is -0.460. The quantitative estimate of drug-likeness (QED) is 0.507. The summed E-state index contributed by atoms with van der Waals surface area (Å²) in [5.41, 5.74) is 2.20. The van der Waals surface area contributed by atoms with E-state index < -0.39 is 5.97 Å². The van der Waals surface area contributed by atoms with Gasteiger partial charge in [0.05, 0.1) is 26.9 Å². The van der Waals surface area contributed by atoms with Crippen molar-refractivity contribution in [2.45, 2.75) is 26.4 Å². The van der Waals surface area contributed by atoms with Gasteiger partial charge in [0.15, 0.2) is 18.1 Å². The summed E-state index contributed by atoms with van der Waals surface area (Å²) in [5, 5.41) is 7.96. The van der Waals surface area contributed by atoms with E-state index in [1.54, 1.807) is 24.3 Å². The minimum Gasteiger partial charge on any atom is -0.493 e. The van der Waals surface area contributed by atoms with Crippen LogP contribution in [0.4, 0.5) is 0 Å². The number of esters is 1. The van der Waals surface area contributed by atoms with Crippen molar-refractivity contribution in [2.75, 3.05) is 21.3 Å². The smallest absolute Gasteiger partial charge is 0.338 e. The Balaban J connectivity index is 1.71. The molecule has 0 aliphatic rings. The van der Waals surface area contributed by atoms with Crippen molar-refractivity contribution in [3.63, 3.8) is 0 Å². The minimum absolute atomic E-state index is 0.137. The Labute approximate surface area is 174 Å². The van der Waals surface area contributed by atoms with Crippen molar-refractivity contribution in [3.05, 3.63) is 53.4 Å². The Bertz CT molecular complexity index is 986. The number of ether oxygens (including phenoxy) is 4. The van der Waals surface area contributed by atoms with Gasteiger partial charge in [0, 0.05) is 5.56 Å². The van der Waals surface area contributed by atoms with E-state index in [0.29, 0.717) is 34.3 Å². The lowest BCUT2D eigenvalue weighted by Gasteiger charge is -2.12. The molecule has 3 rings (SSSR count). The first-order valence-corrected chi connectivity index (χ1v) is 9.36. The molecule has 0 unspecified atom stereocenters. The summed E-state index contributed by atoms with van der Waals surface area (Å²) in [6.45, 7) is 4.05. The van der Waals surface area contributed by atoms with Crippen LogP contribution in [0.3, 0.4) is 0 Å². The van der Waals surface area contributed by atoms with Gasteiger partial charge < -0.3 is 23.4 Å². The number of carbonyl (C=O) groups excluding carboxylic acids is 1. The molecular formula is C22H24N2O6. The van der Waals surface area contributed by atoms with E-state index in [-0.39, 0.29) is 18.4 Å². The maximum atomic E-state index is 12.3. The molecule has 0 saturated heterocycles. The lowest BCUT2D eigenvalue weighted by Crippen LogP contribution is -2.05. The van der Waals surface area contributed by atoms with E-state index in [4.69, 9.17) is 23.4 Å². The van der Waals surface area contributed by atoms with Crippen molar-refractivity contribution < 1.29 is 28.2 Å². The predicted molar refractivity (Wildman–Crippen MR) is 109 cm³/mol. The number of hydrogen-bond donors (Lipinski definition) is 0. The molecular weight excluding hydrogens is 388 g/mol. The van der Waals surface area contributed by atoms with Crippen LogP contribution >= 0.6 is 0 Å². The molecule has 0 saturated carbocycles. The zero-order valence-electron chi connectivity index (χ0n) is 17.6. The third-order valence-electron chi connectivity index (χ3n) is 4.52. The number of carbonyl (C=O) groups is 1. The fourth-order valence-electron chi connectivity index (χ4n) is 2.85. The molecule has 8 nitrogen and oxygen atoms in total. The summed E-state index contributed by atoms with van der Waals surface area (Å²) >= 11 is 0. The van der Waals surface area contributed by atoms with Crippen molar-refractivity contribution in [1.29, 1.82) is 0 Å². The average molecular weight is 412 g/mol. The van der Waals surface area contributed by atoms with Gasteiger partial charge in [-0.2, -0.15) is 0 Å². The highest BCUT2D eigenvalue weighted by Crippen LogP contribution is 2.40. The second-order valence-electron chi connectivity index (χ2n) is 6.77. The molecule has 0 aliphatic heterocycles. The number of aromatic nitrogens is 2. The number of benzene rings is 2. The highest BCUT2D eigenvalue weighted by molar-refractivity contribution is 5.89. The van der Waals surface area contributed by atoms with E-state index in [1.165, 1.54) is 21.3 Å². The second-order valence-corrected chi connectivity index (χ2v) is 6.77. The molecule has 0 spiro atoms. The molecule has 3 aromatic rings. The number of hydrogen-bond acceptors (Lipinski definition) is 8. The average Bonchev–Trinajstić information content (AvgIpc) is 3.25. The van der Waals surface area contributed by atoms with E-state index in [1.807, 2.05) is 12.1 Å². The van der Waals surface area contributed by atoms with Crippen LogP contribution in [-0.4, -0.2) is 37.5 Å². The maximum absolute atomic E-state index is 12.3. The third kappa shape index (κ3) is 4.53. The predicted octanol–water partition coefficient (Wildman–Crippen LogP) is 4.24. The van der Waals surface area contributed by atoms with Gasteiger partial charge in [-0.3, -0.25) is 0 Å². The van der Waals surface area contributed by atoms with Crippen molar-refractivity contribution >= 4 is 5.97 Å². The molecule has 0 radical (unpaired) electrons. The zero-order chi connectivity index (χ0) is 21.7. The maximum Gasteiger partial charge on any atom is 0.338 e. The van der Waals surface area contributed by atoms with Crippen LogP contribution in [0, 0.1) is 0 Å². The Morgan fingerprint density at radius 2 is 1.60 bits per heavy atom. The van der Waals surface area contributed by atoms with Crippen LogP contribution in [0.2, 0.25) is 0 Å². The molecule has 2 aromatic carbocycles. The summed E-state index contributed by atoms with van der Waals surface area (Å²) in [4.78, 5) is 12.3. The molecule has 0 atom stereocenters. The Morgan fingerprint density at radius 1 is 0.967 bits per heavy atom. The Morgan fingerprint density at radius 3 is 2.13 bits per heavy atom. The molecule has 8 heteroatoms. The highest BCUT2D eigenvalue weighted by Gasteiger charge is 2.18. The standard InChI is InChI=1S/C22H24N2O6/c1-13(2)14-6-8-15(9-7-14)22(25)29-12-19-23-24-21(30-19)16-10-17(26-3)20(28-5)18(11-16)27-4/h6-11,13H,12H2,1-5H3. The van der Waals surface area contributed by atoms with Crippen LogP contribution in [0.25, 0.3) is 11.5 Å². The van der Waals surface area contributed by atoms with Gasteiger partial charge in [-0.25, -0.2) is 4.79 Å². The summed E-state index contributed by atoms with van der Waals surface area (Å²) in [6, 6.07) is 10.7. The number of rotatable bonds is 8. The summed E-state index contributed by atoms with van der Waals surface area (Å²) in [6.07, 6.45) is 0. The normalized spacial score (nSPS) is 10.7. The monoisotopic (exact) mass is 412 g/mol. The van der Waals surface area contributed by atoms with Crippen molar-refractivity contribution in [1.82, 2.24) is 10.2 Å². The van der Waals surface area contributed by atoms with Gasteiger partial charge in [0.25, 0.3) is 5.89 Å². The van der Waals surface area contributed by atoms with Crippen LogP contribution in [0.5, 0.6) is 17.2 Å². The number of nitrogens with zero attached hydrogens (tertiary/aromatic N) is 2. The van der Waals surface area contributed by atoms with Gasteiger partial charge in [0.2, 0.25) is 11.6 Å². The Kier molecular flexibility index (Phi) is 6.56. The first-order chi connectivity index (χ1) is 14.5. The van der Waals surface area contributed by atoms with Crippen molar-refractivity contribution in [2.24, 2.45) is 0 Å². The first kappa shape index (κ1) is 21.2. The second kappa shape index (κ2) is 9.30. The Hall–Kier alpha value is -3.55. The van der Waals surface area contributed by atoms with Crippen LogP contribution in [0.1, 0.15) is 41.6 Å².